The van der Waals surface area contributed by atoms with Crippen molar-refractivity contribution >= 4 is 34.7 Å². The van der Waals surface area contributed by atoms with E-state index in [1.807, 2.05) is 6.08 Å². The summed E-state index contributed by atoms with van der Waals surface area (Å²) in [7, 11) is 0. The Balaban J connectivity index is 2.08. The first-order chi connectivity index (χ1) is 19.8. The Kier molecular flexibility index (Phi) is 15.5. The number of unbranched alkanes of at least 4 members (excludes halogenated alkanes) is 4. The largest absolute Gasteiger partial charge is 0.456 e. The second-order valence-electron chi connectivity index (χ2n) is 9.84. The Morgan fingerprint density at radius 2 is 1.93 bits per heavy atom. The van der Waals surface area contributed by atoms with E-state index in [0.29, 0.717) is 49.4 Å². The summed E-state index contributed by atoms with van der Waals surface area (Å²) in [5, 5.41) is 8.62. The van der Waals surface area contributed by atoms with E-state index in [1.54, 1.807) is 38.1 Å². The summed E-state index contributed by atoms with van der Waals surface area (Å²) >= 11 is 1.33. The Hall–Kier alpha value is -3.40. The number of nitrogens with one attached hydrogen (secondary N) is 3. The van der Waals surface area contributed by atoms with Crippen molar-refractivity contribution in [2.75, 3.05) is 5.75 Å². The zero-order valence-electron chi connectivity index (χ0n) is 24.5. The van der Waals surface area contributed by atoms with Gasteiger partial charge in [-0.2, -0.15) is 0 Å². The molecule has 3 N–H and O–H groups in total. The second-order valence-corrected chi connectivity index (χ2v) is 11.0. The molecular weight excluding hydrogens is 540 g/mol. The number of rotatable bonds is 11. The Morgan fingerprint density at radius 3 is 2.66 bits per heavy atom. The number of carbonyl (C=O) groups is 4. The molecule has 224 valence electrons. The number of carbonyl (C=O) groups excluding carboxylic acids is 4. The number of pyridine rings is 1. The van der Waals surface area contributed by atoms with Crippen LogP contribution in [0.15, 0.2) is 54.4 Å². The Morgan fingerprint density at radius 1 is 1.15 bits per heavy atom. The summed E-state index contributed by atoms with van der Waals surface area (Å²) in [5.41, 5.74) is 1.41. The predicted molar refractivity (Wildman–Crippen MR) is 163 cm³/mol. The quantitative estimate of drug-likeness (QED) is 0.142. The van der Waals surface area contributed by atoms with Gasteiger partial charge in [-0.1, -0.05) is 76.1 Å². The highest BCUT2D eigenvalue weighted by molar-refractivity contribution is 8.13. The van der Waals surface area contributed by atoms with Gasteiger partial charge in [0.15, 0.2) is 5.12 Å². The number of cyclic esters (lactones) is 1. The average Bonchev–Trinajstić information content (AvgIpc) is 2.96. The fraction of sp³-hybridized carbons (Fsp3) is 0.516. The molecular formula is C31H44N4O5S. The molecule has 0 saturated heterocycles. The van der Waals surface area contributed by atoms with Crippen molar-refractivity contribution < 1.29 is 23.9 Å². The van der Waals surface area contributed by atoms with Crippen LogP contribution < -0.4 is 16.0 Å². The number of amides is 2. The number of aromatic nitrogens is 1. The molecule has 2 bridgehead atoms. The van der Waals surface area contributed by atoms with Crippen LogP contribution in [0.1, 0.15) is 94.7 Å². The predicted octanol–water partition coefficient (Wildman–Crippen LogP) is 5.10. The molecule has 9 nitrogen and oxygen atoms in total. The van der Waals surface area contributed by atoms with Gasteiger partial charge < -0.3 is 20.7 Å². The number of thioether (sulfide) groups is 1. The van der Waals surface area contributed by atoms with E-state index >= 15 is 0 Å². The van der Waals surface area contributed by atoms with Gasteiger partial charge >= 0.3 is 5.97 Å². The van der Waals surface area contributed by atoms with E-state index in [-0.39, 0.29) is 16.5 Å². The maximum Gasteiger partial charge on any atom is 0.329 e. The van der Waals surface area contributed by atoms with Gasteiger partial charge in [-0.15, -0.1) is 0 Å². The molecule has 41 heavy (non-hydrogen) atoms. The fourth-order valence-electron chi connectivity index (χ4n) is 4.06. The van der Waals surface area contributed by atoms with Crippen molar-refractivity contribution in [1.82, 2.24) is 20.9 Å². The molecule has 2 amide bonds. The molecule has 1 aliphatic heterocycles. The highest BCUT2D eigenvalue weighted by Gasteiger charge is 2.25. The normalized spacial score (nSPS) is 19.9. The summed E-state index contributed by atoms with van der Waals surface area (Å²) in [6.45, 7) is 9.93. The van der Waals surface area contributed by atoms with Crippen LogP contribution >= 0.6 is 11.8 Å². The first kappa shape index (κ1) is 33.8. The van der Waals surface area contributed by atoms with Gasteiger partial charge in [0.05, 0.1) is 12.2 Å². The van der Waals surface area contributed by atoms with Crippen LogP contribution in [0, 0.1) is 0 Å². The maximum atomic E-state index is 13.1. The van der Waals surface area contributed by atoms with Crippen LogP contribution in [0.5, 0.6) is 0 Å². The molecule has 0 aliphatic carbocycles. The van der Waals surface area contributed by atoms with Crippen molar-refractivity contribution in [3.8, 4) is 0 Å². The van der Waals surface area contributed by atoms with Crippen molar-refractivity contribution in [3.05, 3.63) is 65.8 Å². The van der Waals surface area contributed by atoms with Crippen molar-refractivity contribution in [1.29, 1.82) is 0 Å². The van der Waals surface area contributed by atoms with E-state index in [9.17, 15) is 19.2 Å². The molecule has 0 saturated carbocycles. The van der Waals surface area contributed by atoms with Crippen LogP contribution in [0.2, 0.25) is 0 Å². The van der Waals surface area contributed by atoms with E-state index < -0.39 is 29.9 Å². The number of nitrogens with zero attached hydrogens (tertiary/aromatic N) is 1. The maximum absolute atomic E-state index is 13.1. The third-order valence-corrected chi connectivity index (χ3v) is 7.40. The summed E-state index contributed by atoms with van der Waals surface area (Å²) in [6.07, 6.45) is 12.0. The standard InChI is InChI=1S/C31H44N4O5S/c1-5-8-9-10-11-18-28(36)41-19-13-12-16-24-20-22(4)32-21-23-15-14-17-27(33-23)30(38)34-25(6-2)29(37)35-26(7-3)31(39)40-24/h6,12,14-17,24,26,32H,4-5,7-11,13,18-21H2,1-3H3,(H,34,38)(H,35,37)/b16-12+,25-6-/t24-,26+/m1/s1. The molecule has 2 rings (SSSR count). The average molecular weight is 585 g/mol. The van der Waals surface area contributed by atoms with Crippen LogP contribution in [0.25, 0.3) is 0 Å². The molecule has 1 aromatic rings. The second kappa shape index (κ2) is 18.9. The lowest BCUT2D eigenvalue weighted by Crippen LogP contribution is -2.45. The lowest BCUT2D eigenvalue weighted by atomic mass is 10.1. The third-order valence-electron chi connectivity index (χ3n) is 6.44. The molecule has 10 heteroatoms. The number of hydrogen-bond acceptors (Lipinski definition) is 8. The monoisotopic (exact) mass is 584 g/mol. The molecule has 1 aromatic heterocycles. The summed E-state index contributed by atoms with van der Waals surface area (Å²) in [5.74, 6) is -1.07. The molecule has 1 aliphatic rings. The number of esters is 1. The Bertz CT molecular complexity index is 1120. The summed E-state index contributed by atoms with van der Waals surface area (Å²) in [6, 6.07) is 4.15. The first-order valence-electron chi connectivity index (χ1n) is 14.5. The van der Waals surface area contributed by atoms with Crippen LogP contribution in [0.4, 0.5) is 0 Å². The van der Waals surface area contributed by atoms with Gasteiger partial charge in [0.1, 0.15) is 23.5 Å². The molecule has 0 fully saturated rings. The van der Waals surface area contributed by atoms with Gasteiger partial charge in [-0.3, -0.25) is 14.4 Å². The zero-order chi connectivity index (χ0) is 30.0. The van der Waals surface area contributed by atoms with Crippen LogP contribution in [-0.2, 0) is 25.7 Å². The van der Waals surface area contributed by atoms with Crippen molar-refractivity contribution in [2.45, 2.75) is 97.2 Å². The third kappa shape index (κ3) is 12.8. The smallest absolute Gasteiger partial charge is 0.329 e. The first-order valence-corrected chi connectivity index (χ1v) is 15.4. The molecule has 2 atom stereocenters. The van der Waals surface area contributed by atoms with Crippen molar-refractivity contribution in [2.24, 2.45) is 0 Å². The van der Waals surface area contributed by atoms with Gasteiger partial charge in [0.25, 0.3) is 11.8 Å². The van der Waals surface area contributed by atoms with Crippen molar-refractivity contribution in [3.63, 3.8) is 0 Å². The number of allylic oxidation sites excluding steroid dienone is 2. The molecule has 0 aromatic carbocycles. The van der Waals surface area contributed by atoms with Gasteiger partial charge in [-0.05, 0) is 44.4 Å². The van der Waals surface area contributed by atoms with E-state index in [4.69, 9.17) is 4.74 Å². The number of hydrogen-bond donors (Lipinski definition) is 3. The Labute approximate surface area is 248 Å². The molecule has 0 radical (unpaired) electrons. The summed E-state index contributed by atoms with van der Waals surface area (Å²) in [4.78, 5) is 55.2. The van der Waals surface area contributed by atoms with E-state index in [0.717, 1.165) is 12.8 Å². The fourth-order valence-corrected chi connectivity index (χ4v) is 4.83. The van der Waals surface area contributed by atoms with Gasteiger partial charge in [0.2, 0.25) is 0 Å². The lowest BCUT2D eigenvalue weighted by Gasteiger charge is -2.22. The van der Waals surface area contributed by atoms with Gasteiger partial charge in [0, 0.05) is 24.3 Å². The number of fused-ring (bicyclic) bond motifs is 2. The minimum atomic E-state index is -0.911. The van der Waals surface area contributed by atoms with Crippen LogP contribution in [0.3, 0.4) is 0 Å². The minimum Gasteiger partial charge on any atom is -0.456 e. The highest BCUT2D eigenvalue weighted by Crippen LogP contribution is 2.15. The molecule has 0 unspecified atom stereocenters. The van der Waals surface area contributed by atoms with E-state index in [2.05, 4.69) is 34.4 Å². The van der Waals surface area contributed by atoms with Gasteiger partial charge in [-0.25, -0.2) is 9.78 Å². The lowest BCUT2D eigenvalue weighted by molar-refractivity contribution is -0.150. The summed E-state index contributed by atoms with van der Waals surface area (Å²) < 4.78 is 5.78. The van der Waals surface area contributed by atoms with Crippen LogP contribution in [-0.4, -0.2) is 45.8 Å². The minimum absolute atomic E-state index is 0.0107. The zero-order valence-corrected chi connectivity index (χ0v) is 25.3. The topological polar surface area (TPSA) is 126 Å². The molecule has 2 heterocycles. The molecule has 0 spiro atoms. The highest BCUT2D eigenvalue weighted by atomic mass is 32.2. The van der Waals surface area contributed by atoms with E-state index in [1.165, 1.54) is 37.1 Å². The number of ether oxygens (including phenoxy) is 1. The SMILES string of the molecule is C=C1C[C@@H](/C=C/CCSC(=O)CCCCCCC)OC(=O)[C@H](CC)NC(=O)/C(=C/C)NC(=O)c2cccc(n2)CN1.